The van der Waals surface area contributed by atoms with E-state index in [0.29, 0.717) is 12.4 Å². The van der Waals surface area contributed by atoms with E-state index in [1.165, 1.54) is 5.56 Å². The number of ether oxygens (including phenoxy) is 1. The molecule has 0 aliphatic carbocycles. The lowest BCUT2D eigenvalue weighted by Gasteiger charge is -2.10. The maximum atomic E-state index is 12.3. The van der Waals surface area contributed by atoms with E-state index >= 15 is 0 Å². The number of para-hydroxylation sites is 1. The minimum atomic E-state index is -0.289. The molecule has 0 aliphatic heterocycles. The summed E-state index contributed by atoms with van der Waals surface area (Å²) in [4.78, 5) is 12.3. The fraction of sp³-hybridized carbons (Fsp3) is 0.190. The second-order valence-corrected chi connectivity index (χ2v) is 5.97. The highest BCUT2D eigenvalue weighted by Gasteiger charge is 2.09. The first-order chi connectivity index (χ1) is 13.2. The Kier molecular flexibility index (Phi) is 5.99. The monoisotopic (exact) mass is 362 g/mol. The van der Waals surface area contributed by atoms with Crippen LogP contribution in [-0.2, 0) is 13.0 Å². The number of anilines is 2. The largest absolute Gasteiger partial charge is 0.496 e. The van der Waals surface area contributed by atoms with E-state index in [1.807, 2.05) is 48.5 Å². The maximum absolute atomic E-state index is 12.3. The molecule has 3 aromatic rings. The highest BCUT2D eigenvalue weighted by molar-refractivity contribution is 6.02. The van der Waals surface area contributed by atoms with Crippen molar-refractivity contribution in [2.24, 2.45) is 0 Å². The molecule has 2 aromatic carbocycles. The molecule has 1 amide bonds. The van der Waals surface area contributed by atoms with Crippen LogP contribution in [0.1, 0.15) is 28.5 Å². The van der Waals surface area contributed by atoms with E-state index in [2.05, 4.69) is 27.8 Å². The minimum Gasteiger partial charge on any atom is -0.496 e. The molecule has 0 fully saturated rings. The van der Waals surface area contributed by atoms with Crippen molar-refractivity contribution in [2.75, 3.05) is 17.7 Å². The summed E-state index contributed by atoms with van der Waals surface area (Å²) in [5.74, 6) is 1.11. The first kappa shape index (κ1) is 18.4. The summed E-state index contributed by atoms with van der Waals surface area (Å²) in [5, 5.41) is 14.1. The van der Waals surface area contributed by atoms with Crippen LogP contribution in [0.4, 0.5) is 11.5 Å². The van der Waals surface area contributed by atoms with Crippen LogP contribution in [0.2, 0.25) is 0 Å². The summed E-state index contributed by atoms with van der Waals surface area (Å²) >= 11 is 0. The molecule has 0 spiro atoms. The number of amides is 1. The van der Waals surface area contributed by atoms with Crippen LogP contribution in [0.15, 0.2) is 60.7 Å². The first-order valence-electron chi connectivity index (χ1n) is 8.79. The molecular formula is C21H22N4O2. The molecule has 6 heteroatoms. The van der Waals surface area contributed by atoms with E-state index in [4.69, 9.17) is 4.74 Å². The lowest BCUT2D eigenvalue weighted by Crippen LogP contribution is -2.15. The average Bonchev–Trinajstić information content (AvgIpc) is 2.73. The van der Waals surface area contributed by atoms with Crippen LogP contribution in [0.3, 0.4) is 0 Å². The molecule has 1 aromatic heterocycles. The molecule has 138 valence electrons. The van der Waals surface area contributed by atoms with Crippen molar-refractivity contribution >= 4 is 17.4 Å². The van der Waals surface area contributed by atoms with Gasteiger partial charge in [0, 0.05) is 17.8 Å². The minimum absolute atomic E-state index is 0.261. The Bertz CT molecular complexity index is 893. The second kappa shape index (κ2) is 8.80. The van der Waals surface area contributed by atoms with Gasteiger partial charge >= 0.3 is 0 Å². The lowest BCUT2D eigenvalue weighted by atomic mass is 10.1. The van der Waals surface area contributed by atoms with Gasteiger partial charge in [0.2, 0.25) is 0 Å². The summed E-state index contributed by atoms with van der Waals surface area (Å²) in [6, 6.07) is 18.9. The third-order valence-corrected chi connectivity index (χ3v) is 4.17. The van der Waals surface area contributed by atoms with Crippen molar-refractivity contribution in [1.82, 2.24) is 10.2 Å². The maximum Gasteiger partial charge on any atom is 0.276 e. The van der Waals surface area contributed by atoms with Crippen molar-refractivity contribution in [1.29, 1.82) is 0 Å². The number of carbonyl (C=O) groups excluding carboxylic acids is 1. The SMILES string of the molecule is CCc1ccc(NC(=O)c2ccc(NCc3ccccc3OC)nn2)cc1. The molecule has 0 aliphatic rings. The van der Waals surface area contributed by atoms with Gasteiger partial charge in [-0.15, -0.1) is 10.2 Å². The molecule has 6 nitrogen and oxygen atoms in total. The number of nitrogens with zero attached hydrogens (tertiary/aromatic N) is 2. The van der Waals surface area contributed by atoms with Crippen molar-refractivity contribution in [2.45, 2.75) is 19.9 Å². The van der Waals surface area contributed by atoms with E-state index < -0.39 is 0 Å². The first-order valence-corrected chi connectivity index (χ1v) is 8.79. The number of aryl methyl sites for hydroxylation is 1. The van der Waals surface area contributed by atoms with Gasteiger partial charge in [-0.2, -0.15) is 0 Å². The number of nitrogens with one attached hydrogen (secondary N) is 2. The average molecular weight is 362 g/mol. The van der Waals surface area contributed by atoms with Crippen LogP contribution < -0.4 is 15.4 Å². The molecule has 0 atom stereocenters. The number of benzene rings is 2. The zero-order chi connectivity index (χ0) is 19.1. The van der Waals surface area contributed by atoms with Crippen molar-refractivity contribution in [3.8, 4) is 5.75 Å². The Labute approximate surface area is 158 Å². The van der Waals surface area contributed by atoms with E-state index in [9.17, 15) is 4.79 Å². The molecule has 2 N–H and O–H groups in total. The summed E-state index contributed by atoms with van der Waals surface area (Å²) in [7, 11) is 1.64. The summed E-state index contributed by atoms with van der Waals surface area (Å²) in [5.41, 5.74) is 3.23. The lowest BCUT2D eigenvalue weighted by molar-refractivity contribution is 0.102. The van der Waals surface area contributed by atoms with E-state index in [0.717, 1.165) is 23.4 Å². The molecule has 0 unspecified atom stereocenters. The van der Waals surface area contributed by atoms with Crippen molar-refractivity contribution in [3.63, 3.8) is 0 Å². The summed E-state index contributed by atoms with van der Waals surface area (Å²) in [6.45, 7) is 2.64. The molecule has 27 heavy (non-hydrogen) atoms. The smallest absolute Gasteiger partial charge is 0.276 e. The predicted molar refractivity (Wildman–Crippen MR) is 106 cm³/mol. The second-order valence-electron chi connectivity index (χ2n) is 5.97. The molecule has 1 heterocycles. The number of hydrogen-bond acceptors (Lipinski definition) is 5. The molecule has 0 saturated heterocycles. The van der Waals surface area contributed by atoms with E-state index in [-0.39, 0.29) is 11.6 Å². The molecular weight excluding hydrogens is 340 g/mol. The van der Waals surface area contributed by atoms with Crippen LogP contribution in [0.25, 0.3) is 0 Å². The van der Waals surface area contributed by atoms with E-state index in [1.54, 1.807) is 19.2 Å². The normalized spacial score (nSPS) is 10.3. The van der Waals surface area contributed by atoms with Gasteiger partial charge in [0.25, 0.3) is 5.91 Å². The Balaban J connectivity index is 1.59. The summed E-state index contributed by atoms with van der Waals surface area (Å²) in [6.07, 6.45) is 0.961. The highest BCUT2D eigenvalue weighted by atomic mass is 16.5. The van der Waals surface area contributed by atoms with Gasteiger partial charge in [-0.1, -0.05) is 37.3 Å². The van der Waals surface area contributed by atoms with Crippen LogP contribution in [-0.4, -0.2) is 23.2 Å². The zero-order valence-electron chi connectivity index (χ0n) is 15.4. The quantitative estimate of drug-likeness (QED) is 0.666. The molecule has 3 rings (SSSR count). The molecule has 0 bridgehead atoms. The van der Waals surface area contributed by atoms with Crippen LogP contribution in [0, 0.1) is 0 Å². The fourth-order valence-corrected chi connectivity index (χ4v) is 2.60. The third-order valence-electron chi connectivity index (χ3n) is 4.17. The fourth-order valence-electron chi connectivity index (χ4n) is 2.60. The Morgan fingerprint density at radius 3 is 2.44 bits per heavy atom. The van der Waals surface area contributed by atoms with Gasteiger partial charge in [-0.05, 0) is 42.3 Å². The number of aromatic nitrogens is 2. The number of methoxy groups -OCH3 is 1. The standard InChI is InChI=1S/C21H22N4O2/c1-3-15-8-10-17(11-9-15)23-21(26)18-12-13-20(25-24-18)22-14-16-6-4-5-7-19(16)27-2/h4-13H,3,14H2,1-2H3,(H,22,25)(H,23,26). The number of hydrogen-bond donors (Lipinski definition) is 2. The van der Waals surface area contributed by atoms with Gasteiger partial charge in [0.15, 0.2) is 5.69 Å². The Morgan fingerprint density at radius 2 is 1.78 bits per heavy atom. The van der Waals surface area contributed by atoms with Crippen LogP contribution >= 0.6 is 0 Å². The van der Waals surface area contributed by atoms with Gasteiger partial charge in [-0.25, -0.2) is 0 Å². The van der Waals surface area contributed by atoms with Gasteiger partial charge < -0.3 is 15.4 Å². The topological polar surface area (TPSA) is 76.1 Å². The van der Waals surface area contributed by atoms with Crippen LogP contribution in [0.5, 0.6) is 5.75 Å². The van der Waals surface area contributed by atoms with Gasteiger partial charge in [0.05, 0.1) is 7.11 Å². The number of rotatable bonds is 7. The third kappa shape index (κ3) is 4.82. The highest BCUT2D eigenvalue weighted by Crippen LogP contribution is 2.18. The van der Waals surface area contributed by atoms with Gasteiger partial charge in [0.1, 0.15) is 11.6 Å². The van der Waals surface area contributed by atoms with Crippen molar-refractivity contribution < 1.29 is 9.53 Å². The zero-order valence-corrected chi connectivity index (χ0v) is 15.4. The molecule has 0 saturated carbocycles. The van der Waals surface area contributed by atoms with Crippen molar-refractivity contribution in [3.05, 3.63) is 77.5 Å². The number of carbonyl (C=O) groups is 1. The predicted octanol–water partition coefficient (Wildman–Crippen LogP) is 3.91. The Hall–Kier alpha value is -3.41. The Morgan fingerprint density at radius 1 is 1.00 bits per heavy atom. The summed E-state index contributed by atoms with van der Waals surface area (Å²) < 4.78 is 5.33. The molecule has 0 radical (unpaired) electrons. The van der Waals surface area contributed by atoms with Gasteiger partial charge in [-0.3, -0.25) is 4.79 Å².